The van der Waals surface area contributed by atoms with Crippen molar-refractivity contribution in [3.63, 3.8) is 0 Å². The molecule has 0 amide bonds. The summed E-state index contributed by atoms with van der Waals surface area (Å²) in [6, 6.07) is 9.18. The van der Waals surface area contributed by atoms with Gasteiger partial charge in [0.25, 0.3) is 15.6 Å². The number of rotatable bonds is 4. The Morgan fingerprint density at radius 3 is 2.33 bits per heavy atom. The van der Waals surface area contributed by atoms with Gasteiger partial charge in [-0.1, -0.05) is 27.8 Å². The first-order valence-corrected chi connectivity index (χ1v) is 10.6. The molecule has 0 saturated heterocycles. The van der Waals surface area contributed by atoms with Crippen LogP contribution in [0.2, 0.25) is 5.02 Å². The summed E-state index contributed by atoms with van der Waals surface area (Å²) in [5, 5.41) is 6.89. The molecule has 0 aliphatic heterocycles. The fourth-order valence-electron chi connectivity index (χ4n) is 2.28. The zero-order valence-corrected chi connectivity index (χ0v) is 16.5. The molecule has 1 aromatic heterocycles. The summed E-state index contributed by atoms with van der Waals surface area (Å²) in [6.07, 6.45) is 0. The van der Waals surface area contributed by atoms with Crippen molar-refractivity contribution in [2.75, 3.05) is 14.1 Å². The van der Waals surface area contributed by atoms with Crippen molar-refractivity contribution >= 4 is 42.6 Å². The molecule has 0 spiro atoms. The predicted octanol–water partition coefficient (Wildman–Crippen LogP) is 0.932. The maximum atomic E-state index is 12.8. The highest BCUT2D eigenvalue weighted by Crippen LogP contribution is 2.22. The van der Waals surface area contributed by atoms with E-state index in [0.717, 1.165) is 10.4 Å². The summed E-state index contributed by atoms with van der Waals surface area (Å²) in [5.74, 6) is 0. The van der Waals surface area contributed by atoms with Crippen LogP contribution in [-0.4, -0.2) is 49.6 Å². The van der Waals surface area contributed by atoms with E-state index in [4.69, 9.17) is 11.6 Å². The average Bonchev–Trinajstić information content (AvgIpc) is 2.61. The van der Waals surface area contributed by atoms with Crippen LogP contribution in [0.15, 0.2) is 57.1 Å². The minimum Gasteiger partial charge on any atom is -0.266 e. The molecular weight excluding hydrogens is 416 g/mol. The molecule has 3 rings (SSSR count). The molecule has 0 aliphatic carbocycles. The topological polar surface area (TPSA) is 119 Å². The largest absolute Gasteiger partial charge is 0.292 e. The van der Waals surface area contributed by atoms with Gasteiger partial charge in [-0.2, -0.15) is 8.42 Å². The van der Waals surface area contributed by atoms with Gasteiger partial charge in [0.05, 0.1) is 15.3 Å². The summed E-state index contributed by atoms with van der Waals surface area (Å²) in [5.41, 5.74) is -0.973. The summed E-state index contributed by atoms with van der Waals surface area (Å²) in [6.45, 7) is 0. The minimum atomic E-state index is -4.42. The molecule has 3 aromatic rings. The van der Waals surface area contributed by atoms with Crippen molar-refractivity contribution in [1.29, 1.82) is 0 Å². The van der Waals surface area contributed by atoms with E-state index in [9.17, 15) is 21.6 Å². The zero-order chi connectivity index (χ0) is 20.0. The second-order valence-corrected chi connectivity index (χ2v) is 9.93. The Hall–Kier alpha value is -2.34. The first kappa shape index (κ1) is 19.4. The highest BCUT2D eigenvalue weighted by Gasteiger charge is 2.25. The van der Waals surface area contributed by atoms with E-state index in [2.05, 4.69) is 10.3 Å². The number of aromatic nitrogens is 3. The van der Waals surface area contributed by atoms with Gasteiger partial charge in [0, 0.05) is 14.1 Å². The number of fused-ring (bicyclic) bond motifs is 1. The molecule has 0 saturated carbocycles. The van der Waals surface area contributed by atoms with Gasteiger partial charge in [0.1, 0.15) is 10.4 Å². The van der Waals surface area contributed by atoms with Crippen LogP contribution >= 0.6 is 11.6 Å². The van der Waals surface area contributed by atoms with Crippen molar-refractivity contribution in [3.05, 3.63) is 57.8 Å². The minimum absolute atomic E-state index is 0.0586. The van der Waals surface area contributed by atoms with E-state index in [1.807, 2.05) is 0 Å². The second-order valence-electron chi connectivity index (χ2n) is 5.64. The van der Waals surface area contributed by atoms with E-state index in [1.165, 1.54) is 50.5 Å². The van der Waals surface area contributed by atoms with Crippen molar-refractivity contribution in [2.24, 2.45) is 0 Å². The number of sulfonamides is 1. The molecule has 27 heavy (non-hydrogen) atoms. The number of nitrogens with zero attached hydrogens (tertiary/aromatic N) is 4. The first-order chi connectivity index (χ1) is 12.6. The summed E-state index contributed by atoms with van der Waals surface area (Å²) >= 11 is 5.92. The monoisotopic (exact) mass is 428 g/mol. The van der Waals surface area contributed by atoms with E-state index in [-0.39, 0.29) is 29.8 Å². The van der Waals surface area contributed by atoms with Gasteiger partial charge in [-0.25, -0.2) is 12.7 Å². The van der Waals surface area contributed by atoms with Crippen LogP contribution in [0.3, 0.4) is 0 Å². The molecule has 142 valence electrons. The third kappa shape index (κ3) is 3.23. The van der Waals surface area contributed by atoms with Crippen LogP contribution in [0.25, 0.3) is 10.9 Å². The average molecular weight is 429 g/mol. The van der Waals surface area contributed by atoms with Crippen LogP contribution in [0, 0.1) is 0 Å². The van der Waals surface area contributed by atoms with Crippen molar-refractivity contribution in [2.45, 2.75) is 9.79 Å². The molecule has 0 unspecified atom stereocenters. The highest BCUT2D eigenvalue weighted by molar-refractivity contribution is 7.90. The maximum absolute atomic E-state index is 12.8. The molecule has 0 atom stereocenters. The molecule has 0 fully saturated rings. The number of benzene rings is 2. The predicted molar refractivity (Wildman–Crippen MR) is 98.7 cm³/mol. The lowest BCUT2D eigenvalue weighted by molar-refractivity contribution is 0.521. The first-order valence-electron chi connectivity index (χ1n) is 7.39. The van der Waals surface area contributed by atoms with E-state index in [0.29, 0.717) is 0 Å². The van der Waals surface area contributed by atoms with Gasteiger partial charge in [-0.3, -0.25) is 4.79 Å². The Bertz CT molecular complexity index is 1320. The normalized spacial score (nSPS) is 12.6. The fourth-order valence-corrected chi connectivity index (χ4v) is 4.84. The van der Waals surface area contributed by atoms with Gasteiger partial charge in [-0.15, -0.1) is 5.10 Å². The Kier molecular flexibility index (Phi) is 4.80. The SMILES string of the molecule is CN(C)S(=O)(=O)c1ccc2nnn(S(=O)(=O)c3ccccc3Cl)c(=O)c2c1. The van der Waals surface area contributed by atoms with Crippen LogP contribution in [0.4, 0.5) is 0 Å². The van der Waals surface area contributed by atoms with Gasteiger partial charge >= 0.3 is 0 Å². The lowest BCUT2D eigenvalue weighted by atomic mass is 10.2. The lowest BCUT2D eigenvalue weighted by Crippen LogP contribution is -2.31. The van der Waals surface area contributed by atoms with Gasteiger partial charge in [0.15, 0.2) is 0 Å². The zero-order valence-electron chi connectivity index (χ0n) is 14.1. The standard InChI is InChI=1S/C15H13ClN4O5S2/c1-19(2)26(22,23)10-7-8-13-11(9-10)15(21)20(18-17-13)27(24,25)14-6-4-3-5-12(14)16/h3-9H,1-2H3. The molecule has 1 heterocycles. The Morgan fingerprint density at radius 1 is 1.04 bits per heavy atom. The number of hydrogen-bond acceptors (Lipinski definition) is 7. The fraction of sp³-hybridized carbons (Fsp3) is 0.133. The highest BCUT2D eigenvalue weighted by atomic mass is 35.5. The third-order valence-electron chi connectivity index (χ3n) is 3.73. The molecule has 9 nitrogen and oxygen atoms in total. The molecule has 0 aliphatic rings. The van der Waals surface area contributed by atoms with Crippen LogP contribution < -0.4 is 5.56 Å². The summed E-state index contributed by atoms with van der Waals surface area (Å²) < 4.78 is 51.2. The van der Waals surface area contributed by atoms with Crippen molar-refractivity contribution in [1.82, 2.24) is 18.7 Å². The maximum Gasteiger partial charge on any atom is 0.292 e. The Balaban J connectivity index is 2.30. The summed E-state index contributed by atoms with van der Waals surface area (Å²) in [4.78, 5) is 12.2. The van der Waals surface area contributed by atoms with Crippen molar-refractivity contribution < 1.29 is 16.8 Å². The molecule has 12 heteroatoms. The van der Waals surface area contributed by atoms with E-state index in [1.54, 1.807) is 0 Å². The lowest BCUT2D eigenvalue weighted by Gasteiger charge is -2.12. The molecular formula is C15H13ClN4O5S2. The molecule has 0 bridgehead atoms. The number of hydrogen-bond donors (Lipinski definition) is 0. The van der Waals surface area contributed by atoms with Gasteiger partial charge in [0.2, 0.25) is 10.0 Å². The summed E-state index contributed by atoms with van der Waals surface area (Å²) in [7, 11) is -5.57. The molecule has 0 N–H and O–H groups in total. The number of halogens is 1. The van der Waals surface area contributed by atoms with Crippen LogP contribution in [0.1, 0.15) is 0 Å². The molecule has 2 aromatic carbocycles. The van der Waals surface area contributed by atoms with Gasteiger partial charge < -0.3 is 0 Å². The smallest absolute Gasteiger partial charge is 0.266 e. The van der Waals surface area contributed by atoms with E-state index >= 15 is 0 Å². The Labute approximate surface area is 159 Å². The van der Waals surface area contributed by atoms with E-state index < -0.39 is 25.6 Å². The van der Waals surface area contributed by atoms with Gasteiger partial charge in [-0.05, 0) is 35.5 Å². The molecule has 0 radical (unpaired) electrons. The Morgan fingerprint density at radius 2 is 1.70 bits per heavy atom. The van der Waals surface area contributed by atoms with Crippen LogP contribution in [0.5, 0.6) is 0 Å². The van der Waals surface area contributed by atoms with Crippen molar-refractivity contribution in [3.8, 4) is 0 Å². The second kappa shape index (κ2) is 6.68. The quantitative estimate of drug-likeness (QED) is 0.606. The third-order valence-corrected chi connectivity index (χ3v) is 7.59. The van der Waals surface area contributed by atoms with Crippen LogP contribution in [-0.2, 0) is 20.0 Å².